The number of nitro groups is 1. The summed E-state index contributed by atoms with van der Waals surface area (Å²) in [5.41, 5.74) is -0.200. The van der Waals surface area contributed by atoms with Crippen molar-refractivity contribution >= 4 is 19.1 Å². The van der Waals surface area contributed by atoms with Gasteiger partial charge >= 0.3 is 7.75 Å². The van der Waals surface area contributed by atoms with E-state index >= 15 is 0 Å². The molecule has 0 fully saturated rings. The van der Waals surface area contributed by atoms with E-state index in [1.807, 2.05) is 0 Å². The third-order valence-corrected chi connectivity index (χ3v) is 4.71. The summed E-state index contributed by atoms with van der Waals surface area (Å²) in [5, 5.41) is 13.8. The fourth-order valence-electron chi connectivity index (χ4n) is 2.18. The summed E-state index contributed by atoms with van der Waals surface area (Å²) in [6, 6.07) is 22.7. The van der Waals surface area contributed by atoms with Crippen LogP contribution in [0.5, 0.6) is 11.5 Å². The molecule has 0 heterocycles. The molecule has 0 atom stereocenters. The molecule has 8 heteroatoms. The number of anilines is 1. The first-order valence-corrected chi connectivity index (χ1v) is 9.21. The molecule has 0 spiro atoms. The van der Waals surface area contributed by atoms with Crippen molar-refractivity contribution in [3.05, 3.63) is 95.0 Å². The van der Waals surface area contributed by atoms with E-state index in [-0.39, 0.29) is 11.4 Å². The van der Waals surface area contributed by atoms with Crippen LogP contribution in [-0.4, -0.2) is 4.92 Å². The number of nitro benzene ring substituents is 1. The Kier molecular flexibility index (Phi) is 5.20. The number of hydrogen-bond acceptors (Lipinski definition) is 5. The minimum Gasteiger partial charge on any atom is -0.400 e. The second kappa shape index (κ2) is 7.72. The highest BCUT2D eigenvalue weighted by molar-refractivity contribution is 7.56. The minimum atomic E-state index is -4.01. The normalized spacial score (nSPS) is 10.8. The van der Waals surface area contributed by atoms with Crippen LogP contribution in [0.15, 0.2) is 84.9 Å². The molecule has 0 amide bonds. The topological polar surface area (TPSA) is 90.7 Å². The lowest BCUT2D eigenvalue weighted by Crippen LogP contribution is -2.11. The number of para-hydroxylation sites is 4. The summed E-state index contributed by atoms with van der Waals surface area (Å²) in [6.45, 7) is 0. The summed E-state index contributed by atoms with van der Waals surface area (Å²) in [7, 11) is -4.01. The molecule has 0 unspecified atom stereocenters. The molecule has 132 valence electrons. The van der Waals surface area contributed by atoms with E-state index in [4.69, 9.17) is 9.05 Å². The van der Waals surface area contributed by atoms with Gasteiger partial charge in [0.25, 0.3) is 5.69 Å². The van der Waals surface area contributed by atoms with Crippen molar-refractivity contribution in [2.75, 3.05) is 5.09 Å². The lowest BCUT2D eigenvalue weighted by atomic mass is 10.3. The molecular formula is C18H15N2O5P. The molecule has 0 aliphatic heterocycles. The van der Waals surface area contributed by atoms with Gasteiger partial charge < -0.3 is 9.05 Å². The van der Waals surface area contributed by atoms with Crippen molar-refractivity contribution in [1.82, 2.24) is 0 Å². The Bertz CT molecular complexity index is 889. The molecular weight excluding hydrogens is 355 g/mol. The fraction of sp³-hybridized carbons (Fsp3) is 0. The summed E-state index contributed by atoms with van der Waals surface area (Å²) >= 11 is 0. The van der Waals surface area contributed by atoms with Gasteiger partial charge in [-0.3, -0.25) is 15.2 Å². The second-order valence-corrected chi connectivity index (χ2v) is 6.78. The van der Waals surface area contributed by atoms with E-state index < -0.39 is 12.7 Å². The molecule has 1 N–H and O–H groups in total. The van der Waals surface area contributed by atoms with E-state index in [1.165, 1.54) is 18.2 Å². The first-order valence-electron chi connectivity index (χ1n) is 7.67. The maximum Gasteiger partial charge on any atom is 0.541 e. The standard InChI is InChI=1S/C18H15N2O5P/c21-20(22)18-14-8-7-13-17(18)19-26(23,24-15-9-3-1-4-10-15)25-16-11-5-2-6-12-16/h1-14H,(H,19,23). The van der Waals surface area contributed by atoms with Crippen molar-refractivity contribution in [1.29, 1.82) is 0 Å². The van der Waals surface area contributed by atoms with Crippen LogP contribution in [-0.2, 0) is 4.57 Å². The van der Waals surface area contributed by atoms with Gasteiger partial charge in [0.2, 0.25) is 0 Å². The Balaban J connectivity index is 1.95. The van der Waals surface area contributed by atoms with Gasteiger partial charge in [-0.15, -0.1) is 0 Å². The maximum absolute atomic E-state index is 13.3. The maximum atomic E-state index is 13.3. The molecule has 0 aliphatic carbocycles. The lowest BCUT2D eigenvalue weighted by molar-refractivity contribution is -0.383. The first-order chi connectivity index (χ1) is 12.6. The summed E-state index contributed by atoms with van der Waals surface area (Å²) < 4.78 is 24.4. The summed E-state index contributed by atoms with van der Waals surface area (Å²) in [6.07, 6.45) is 0. The van der Waals surface area contributed by atoms with Gasteiger partial charge in [-0.1, -0.05) is 48.5 Å². The molecule has 0 radical (unpaired) electrons. The monoisotopic (exact) mass is 370 g/mol. The highest BCUT2D eigenvalue weighted by Crippen LogP contribution is 2.49. The van der Waals surface area contributed by atoms with E-state index in [9.17, 15) is 14.7 Å². The van der Waals surface area contributed by atoms with E-state index in [2.05, 4.69) is 5.09 Å². The largest absolute Gasteiger partial charge is 0.541 e. The van der Waals surface area contributed by atoms with Crippen LogP contribution in [0.4, 0.5) is 11.4 Å². The zero-order chi connectivity index (χ0) is 18.4. The third kappa shape index (κ3) is 4.40. The smallest absolute Gasteiger partial charge is 0.400 e. The number of rotatable bonds is 7. The predicted octanol–water partition coefficient (Wildman–Crippen LogP) is 5.27. The molecule has 3 rings (SSSR count). The van der Waals surface area contributed by atoms with Gasteiger partial charge in [0.15, 0.2) is 0 Å². The van der Waals surface area contributed by atoms with Crippen LogP contribution in [0, 0.1) is 10.1 Å². The first kappa shape index (κ1) is 17.5. The highest BCUT2D eigenvalue weighted by atomic mass is 31.2. The Morgan fingerprint density at radius 1 is 0.769 bits per heavy atom. The lowest BCUT2D eigenvalue weighted by Gasteiger charge is -2.21. The average Bonchev–Trinajstić information content (AvgIpc) is 2.63. The Morgan fingerprint density at radius 3 is 1.73 bits per heavy atom. The Hall–Kier alpha value is -3.31. The zero-order valence-corrected chi connectivity index (χ0v) is 14.4. The van der Waals surface area contributed by atoms with Crippen molar-refractivity contribution in [3.8, 4) is 11.5 Å². The van der Waals surface area contributed by atoms with E-state index in [0.717, 1.165) is 0 Å². The van der Waals surface area contributed by atoms with Gasteiger partial charge in [0.1, 0.15) is 17.2 Å². The van der Waals surface area contributed by atoms with Gasteiger partial charge in [-0.05, 0) is 30.3 Å². The SMILES string of the molecule is O=[N+]([O-])c1ccccc1NP(=O)(Oc1ccccc1)Oc1ccccc1. The van der Waals surface area contributed by atoms with Crippen LogP contribution in [0.25, 0.3) is 0 Å². The van der Waals surface area contributed by atoms with Crippen LogP contribution in [0.1, 0.15) is 0 Å². The molecule has 0 saturated heterocycles. The van der Waals surface area contributed by atoms with E-state index in [0.29, 0.717) is 11.5 Å². The Labute approximate surface area is 149 Å². The number of benzene rings is 3. The quantitative estimate of drug-likeness (QED) is 0.346. The molecule has 0 saturated carbocycles. The van der Waals surface area contributed by atoms with Crippen LogP contribution in [0.3, 0.4) is 0 Å². The summed E-state index contributed by atoms with van der Waals surface area (Å²) in [5.74, 6) is 0.607. The number of nitrogens with zero attached hydrogens (tertiary/aromatic N) is 1. The molecule has 0 aromatic heterocycles. The molecule has 7 nitrogen and oxygen atoms in total. The molecule has 0 aliphatic rings. The zero-order valence-electron chi connectivity index (χ0n) is 13.5. The van der Waals surface area contributed by atoms with Crippen LogP contribution >= 0.6 is 7.75 Å². The number of hydrogen-bond donors (Lipinski definition) is 1. The van der Waals surface area contributed by atoms with Gasteiger partial charge in [-0.2, -0.15) is 0 Å². The minimum absolute atomic E-state index is 0.0349. The fourth-order valence-corrected chi connectivity index (χ4v) is 3.59. The van der Waals surface area contributed by atoms with Crippen LogP contribution < -0.4 is 14.1 Å². The van der Waals surface area contributed by atoms with E-state index in [1.54, 1.807) is 66.7 Å². The molecule has 0 bridgehead atoms. The molecule has 26 heavy (non-hydrogen) atoms. The number of nitrogens with one attached hydrogen (secondary N) is 1. The highest BCUT2D eigenvalue weighted by Gasteiger charge is 2.31. The third-order valence-electron chi connectivity index (χ3n) is 3.30. The average molecular weight is 370 g/mol. The van der Waals surface area contributed by atoms with Crippen molar-refractivity contribution in [2.45, 2.75) is 0 Å². The van der Waals surface area contributed by atoms with Crippen LogP contribution in [0.2, 0.25) is 0 Å². The van der Waals surface area contributed by atoms with Gasteiger partial charge in [0, 0.05) is 6.07 Å². The van der Waals surface area contributed by atoms with Crippen molar-refractivity contribution in [2.24, 2.45) is 0 Å². The Morgan fingerprint density at radius 2 is 1.23 bits per heavy atom. The summed E-state index contributed by atoms with van der Waals surface area (Å²) in [4.78, 5) is 10.6. The second-order valence-electron chi connectivity index (χ2n) is 5.19. The van der Waals surface area contributed by atoms with Gasteiger partial charge in [-0.25, -0.2) is 4.57 Å². The van der Waals surface area contributed by atoms with Crippen molar-refractivity contribution < 1.29 is 18.5 Å². The molecule has 3 aromatic carbocycles. The van der Waals surface area contributed by atoms with Gasteiger partial charge in [0.05, 0.1) is 4.92 Å². The molecule has 3 aromatic rings. The predicted molar refractivity (Wildman–Crippen MR) is 98.5 cm³/mol. The van der Waals surface area contributed by atoms with Crippen molar-refractivity contribution in [3.63, 3.8) is 0 Å².